The van der Waals surface area contributed by atoms with Gasteiger partial charge in [-0.25, -0.2) is 4.68 Å². The van der Waals surface area contributed by atoms with E-state index in [2.05, 4.69) is 10.4 Å². The third-order valence-corrected chi connectivity index (χ3v) is 2.70. The summed E-state index contributed by atoms with van der Waals surface area (Å²) in [5.74, 6) is -0.256. The van der Waals surface area contributed by atoms with Gasteiger partial charge in [-0.2, -0.15) is 10.4 Å². The molecule has 90 valence electrons. The monoisotopic (exact) mass is 260 g/mol. The Kier molecular flexibility index (Phi) is 3.31. The fourth-order valence-corrected chi connectivity index (χ4v) is 1.67. The van der Waals surface area contributed by atoms with Crippen molar-refractivity contribution >= 4 is 17.5 Å². The molecule has 0 bridgehead atoms. The van der Waals surface area contributed by atoms with Crippen molar-refractivity contribution in [2.24, 2.45) is 0 Å². The van der Waals surface area contributed by atoms with Crippen molar-refractivity contribution in [1.82, 2.24) is 15.1 Å². The molecule has 0 fully saturated rings. The van der Waals surface area contributed by atoms with Crippen LogP contribution >= 0.6 is 11.6 Å². The van der Waals surface area contributed by atoms with Crippen LogP contribution in [-0.4, -0.2) is 22.7 Å². The van der Waals surface area contributed by atoms with Gasteiger partial charge >= 0.3 is 0 Å². The van der Waals surface area contributed by atoms with E-state index in [0.29, 0.717) is 22.0 Å². The maximum Gasteiger partial charge on any atom is 0.271 e. The highest BCUT2D eigenvalue weighted by Crippen LogP contribution is 2.19. The molecule has 6 heteroatoms. The fourth-order valence-electron chi connectivity index (χ4n) is 1.45. The van der Waals surface area contributed by atoms with Gasteiger partial charge < -0.3 is 5.32 Å². The zero-order valence-electron chi connectivity index (χ0n) is 9.51. The van der Waals surface area contributed by atoms with Crippen LogP contribution in [0.25, 0.3) is 5.69 Å². The lowest BCUT2D eigenvalue weighted by Gasteiger charge is -2.02. The number of nitrogens with one attached hydrogen (secondary N) is 1. The highest BCUT2D eigenvalue weighted by molar-refractivity contribution is 6.31. The topological polar surface area (TPSA) is 70.7 Å². The van der Waals surface area contributed by atoms with E-state index in [9.17, 15) is 4.79 Å². The SMILES string of the molecule is CNC(=O)c1ccn(-c2ccc(C#N)c(Cl)c2)n1. The molecule has 2 aromatic rings. The van der Waals surface area contributed by atoms with Gasteiger partial charge in [-0.05, 0) is 24.3 Å². The second-order valence-electron chi connectivity index (χ2n) is 3.50. The lowest BCUT2D eigenvalue weighted by atomic mass is 10.2. The highest BCUT2D eigenvalue weighted by atomic mass is 35.5. The predicted molar refractivity (Wildman–Crippen MR) is 66.7 cm³/mol. The van der Waals surface area contributed by atoms with E-state index < -0.39 is 0 Å². The molecular weight excluding hydrogens is 252 g/mol. The third-order valence-electron chi connectivity index (χ3n) is 2.39. The van der Waals surface area contributed by atoms with E-state index in [1.165, 1.54) is 4.68 Å². The Hall–Kier alpha value is -2.32. The average molecular weight is 261 g/mol. The summed E-state index contributed by atoms with van der Waals surface area (Å²) in [6.07, 6.45) is 1.66. The molecule has 0 aliphatic carbocycles. The Morgan fingerprint density at radius 3 is 2.89 bits per heavy atom. The third kappa shape index (κ3) is 2.19. The quantitative estimate of drug-likeness (QED) is 0.894. The van der Waals surface area contributed by atoms with Crippen LogP contribution in [0.3, 0.4) is 0 Å². The summed E-state index contributed by atoms with van der Waals surface area (Å²) in [6, 6.07) is 8.53. The first-order valence-electron chi connectivity index (χ1n) is 5.13. The van der Waals surface area contributed by atoms with E-state index in [1.807, 2.05) is 6.07 Å². The zero-order valence-corrected chi connectivity index (χ0v) is 10.3. The summed E-state index contributed by atoms with van der Waals surface area (Å²) in [5, 5.41) is 15.7. The lowest BCUT2D eigenvalue weighted by molar-refractivity contribution is 0.0958. The minimum absolute atomic E-state index is 0.256. The van der Waals surface area contributed by atoms with Gasteiger partial charge in [0.15, 0.2) is 5.69 Å². The van der Waals surface area contributed by atoms with Gasteiger partial charge in [0.25, 0.3) is 5.91 Å². The molecule has 5 nitrogen and oxygen atoms in total. The number of aromatic nitrogens is 2. The van der Waals surface area contributed by atoms with Gasteiger partial charge in [0.05, 0.1) is 16.3 Å². The van der Waals surface area contributed by atoms with E-state index in [-0.39, 0.29) is 5.91 Å². The molecule has 0 aliphatic rings. The summed E-state index contributed by atoms with van der Waals surface area (Å²) >= 11 is 5.93. The predicted octanol–water partition coefficient (Wildman–Crippen LogP) is 1.76. The van der Waals surface area contributed by atoms with Crippen molar-refractivity contribution in [2.75, 3.05) is 7.05 Å². The Morgan fingerprint density at radius 1 is 1.50 bits per heavy atom. The number of hydrogen-bond donors (Lipinski definition) is 1. The van der Waals surface area contributed by atoms with Crippen LogP contribution in [0.15, 0.2) is 30.5 Å². The van der Waals surface area contributed by atoms with E-state index in [1.54, 1.807) is 37.5 Å². The van der Waals surface area contributed by atoms with Crippen molar-refractivity contribution in [3.63, 3.8) is 0 Å². The fraction of sp³-hybridized carbons (Fsp3) is 0.0833. The first kappa shape index (κ1) is 12.1. The van der Waals surface area contributed by atoms with Crippen molar-refractivity contribution in [3.05, 3.63) is 46.7 Å². The van der Waals surface area contributed by atoms with Gasteiger partial charge in [-0.15, -0.1) is 0 Å². The standard InChI is InChI=1S/C12H9ClN4O/c1-15-12(18)11-4-5-17(16-11)9-3-2-8(7-14)10(13)6-9/h2-6H,1H3,(H,15,18). The number of nitriles is 1. The maximum atomic E-state index is 11.4. The molecular formula is C12H9ClN4O. The van der Waals surface area contributed by atoms with E-state index >= 15 is 0 Å². The summed E-state index contributed by atoms with van der Waals surface area (Å²) in [5.41, 5.74) is 1.41. The molecule has 1 amide bonds. The van der Waals surface area contributed by atoms with Crippen molar-refractivity contribution in [1.29, 1.82) is 5.26 Å². The Labute approximate surface area is 109 Å². The van der Waals surface area contributed by atoms with Gasteiger partial charge in [-0.1, -0.05) is 11.6 Å². The molecule has 0 radical (unpaired) electrons. The van der Waals surface area contributed by atoms with Crippen molar-refractivity contribution in [3.8, 4) is 11.8 Å². The number of halogens is 1. The molecule has 1 aromatic heterocycles. The van der Waals surface area contributed by atoms with Gasteiger partial charge in [0, 0.05) is 13.2 Å². The van der Waals surface area contributed by atoms with Crippen LogP contribution in [0.2, 0.25) is 5.02 Å². The molecule has 0 atom stereocenters. The van der Waals surface area contributed by atoms with Gasteiger partial charge in [-0.3, -0.25) is 4.79 Å². The summed E-state index contributed by atoms with van der Waals surface area (Å²) in [4.78, 5) is 11.4. The van der Waals surface area contributed by atoms with Crippen LogP contribution in [-0.2, 0) is 0 Å². The summed E-state index contributed by atoms with van der Waals surface area (Å²) in [7, 11) is 1.54. The van der Waals surface area contributed by atoms with Crippen LogP contribution in [0.5, 0.6) is 0 Å². The molecule has 0 saturated heterocycles. The molecule has 1 heterocycles. The number of hydrogen-bond acceptors (Lipinski definition) is 3. The Bertz CT molecular complexity index is 642. The lowest BCUT2D eigenvalue weighted by Crippen LogP contribution is -2.18. The second kappa shape index (κ2) is 4.90. The van der Waals surface area contributed by atoms with Crippen molar-refractivity contribution < 1.29 is 4.79 Å². The molecule has 0 unspecified atom stereocenters. The zero-order chi connectivity index (χ0) is 13.1. The Balaban J connectivity index is 2.38. The molecule has 18 heavy (non-hydrogen) atoms. The number of amides is 1. The van der Waals surface area contributed by atoms with E-state index in [0.717, 1.165) is 0 Å². The number of carbonyl (C=O) groups excluding carboxylic acids is 1. The highest BCUT2D eigenvalue weighted by Gasteiger charge is 2.09. The molecule has 1 N–H and O–H groups in total. The molecule has 0 saturated carbocycles. The minimum Gasteiger partial charge on any atom is -0.354 e. The number of carbonyl (C=O) groups is 1. The average Bonchev–Trinajstić information content (AvgIpc) is 2.87. The number of nitrogens with zero attached hydrogens (tertiary/aromatic N) is 3. The molecule has 0 aliphatic heterocycles. The van der Waals surface area contributed by atoms with Crippen molar-refractivity contribution in [2.45, 2.75) is 0 Å². The summed E-state index contributed by atoms with van der Waals surface area (Å²) in [6.45, 7) is 0. The Morgan fingerprint density at radius 2 is 2.28 bits per heavy atom. The van der Waals surface area contributed by atoms with Gasteiger partial charge in [0.2, 0.25) is 0 Å². The minimum atomic E-state index is -0.256. The van der Waals surface area contributed by atoms with Crippen LogP contribution in [0.4, 0.5) is 0 Å². The van der Waals surface area contributed by atoms with Crippen LogP contribution in [0, 0.1) is 11.3 Å². The molecule has 1 aromatic carbocycles. The first-order valence-corrected chi connectivity index (χ1v) is 5.51. The van der Waals surface area contributed by atoms with Crippen LogP contribution < -0.4 is 5.32 Å². The van der Waals surface area contributed by atoms with Crippen LogP contribution in [0.1, 0.15) is 16.1 Å². The summed E-state index contributed by atoms with van der Waals surface area (Å²) < 4.78 is 1.53. The molecule has 0 spiro atoms. The smallest absolute Gasteiger partial charge is 0.271 e. The first-order chi connectivity index (χ1) is 8.65. The molecule has 2 rings (SSSR count). The number of benzene rings is 1. The number of rotatable bonds is 2. The second-order valence-corrected chi connectivity index (χ2v) is 3.91. The normalized spacial score (nSPS) is 9.83. The van der Waals surface area contributed by atoms with Gasteiger partial charge in [0.1, 0.15) is 6.07 Å². The maximum absolute atomic E-state index is 11.4. The largest absolute Gasteiger partial charge is 0.354 e. The van der Waals surface area contributed by atoms with E-state index in [4.69, 9.17) is 16.9 Å².